The average Bonchev–Trinajstić information content (AvgIpc) is 3.81. The molecule has 6 unspecified atom stereocenters. The third-order valence-corrected chi connectivity index (χ3v) is 18.5. The third-order valence-electron chi connectivity index (χ3n) is 17.3. The first-order valence-electron chi connectivity index (χ1n) is 22.7. The zero-order valence-electron chi connectivity index (χ0n) is 35.3. The Morgan fingerprint density at radius 3 is 2.00 bits per heavy atom. The fourth-order valence-corrected chi connectivity index (χ4v) is 15.9. The summed E-state index contributed by atoms with van der Waals surface area (Å²) in [6.45, 7) is 9.81. The summed E-state index contributed by atoms with van der Waals surface area (Å²) in [6, 6.07) is 58.4. The van der Waals surface area contributed by atoms with Gasteiger partial charge in [0.2, 0.25) is 0 Å². The monoisotopic (exact) mass is 795 g/mol. The highest BCUT2D eigenvalue weighted by atomic mass is 32.2. The van der Waals surface area contributed by atoms with Crippen LogP contribution >= 0.6 is 11.8 Å². The van der Waals surface area contributed by atoms with Gasteiger partial charge in [-0.25, -0.2) is 0 Å². The molecular weight excluding hydrogens is 743 g/mol. The van der Waals surface area contributed by atoms with Gasteiger partial charge in [-0.05, 0) is 170 Å². The molecule has 7 aromatic carbocycles. The first-order chi connectivity index (χ1) is 29.2. The van der Waals surface area contributed by atoms with Crippen molar-refractivity contribution in [3.8, 4) is 22.3 Å². The second kappa shape index (κ2) is 12.3. The molecule has 7 aromatic rings. The van der Waals surface area contributed by atoms with E-state index in [1.54, 1.807) is 11.1 Å². The third kappa shape index (κ3) is 4.62. The summed E-state index contributed by atoms with van der Waals surface area (Å²) in [6.07, 6.45) is 8.24. The van der Waals surface area contributed by atoms with E-state index in [4.69, 9.17) is 0 Å². The van der Waals surface area contributed by atoms with E-state index >= 15 is 0 Å². The predicted molar refractivity (Wildman–Crippen MR) is 251 cm³/mol. The molecule has 296 valence electrons. The lowest BCUT2D eigenvalue weighted by Crippen LogP contribution is -2.74. The maximum atomic E-state index is 2.62. The van der Waals surface area contributed by atoms with Gasteiger partial charge in [-0.1, -0.05) is 155 Å². The maximum absolute atomic E-state index is 2.62. The van der Waals surface area contributed by atoms with Crippen molar-refractivity contribution in [1.29, 1.82) is 0 Å². The summed E-state index contributed by atoms with van der Waals surface area (Å²) in [5, 5.41) is 2.58. The highest BCUT2D eigenvalue weighted by molar-refractivity contribution is 7.99. The quantitative estimate of drug-likeness (QED) is 0.171. The van der Waals surface area contributed by atoms with Crippen molar-refractivity contribution in [3.63, 3.8) is 0 Å². The fourth-order valence-electron chi connectivity index (χ4n) is 14.5. The number of rotatable bonds is 5. The van der Waals surface area contributed by atoms with Gasteiger partial charge in [-0.2, -0.15) is 0 Å². The number of anilines is 3. The van der Waals surface area contributed by atoms with Gasteiger partial charge in [-0.15, -0.1) is 0 Å². The normalized spacial score (nSPS) is 27.9. The molecule has 1 aliphatic heterocycles. The highest BCUT2D eigenvalue weighted by Crippen LogP contribution is 2.89. The minimum Gasteiger partial charge on any atom is -0.309 e. The van der Waals surface area contributed by atoms with E-state index in [0.717, 1.165) is 23.7 Å². The van der Waals surface area contributed by atoms with Gasteiger partial charge >= 0.3 is 0 Å². The number of fused-ring (bicyclic) bond motifs is 9. The van der Waals surface area contributed by atoms with Crippen molar-refractivity contribution in [2.75, 3.05) is 4.90 Å². The van der Waals surface area contributed by atoms with Crippen LogP contribution in [0.1, 0.15) is 88.5 Å². The first kappa shape index (κ1) is 35.7. The van der Waals surface area contributed by atoms with Crippen LogP contribution in [-0.2, 0) is 16.2 Å². The van der Waals surface area contributed by atoms with Crippen LogP contribution in [0.25, 0.3) is 33.0 Å². The molecular formula is C58H53NS. The van der Waals surface area contributed by atoms with Crippen LogP contribution in [0, 0.1) is 29.1 Å². The van der Waals surface area contributed by atoms with E-state index in [9.17, 15) is 0 Å². The molecule has 1 nitrogen and oxygen atoms in total. The van der Waals surface area contributed by atoms with Gasteiger partial charge in [0.15, 0.2) is 0 Å². The second-order valence-corrected chi connectivity index (χ2v) is 21.8. The van der Waals surface area contributed by atoms with Gasteiger partial charge in [0.1, 0.15) is 0 Å². The topological polar surface area (TPSA) is 3.24 Å². The van der Waals surface area contributed by atoms with Gasteiger partial charge < -0.3 is 4.90 Å². The molecule has 0 radical (unpaired) electrons. The van der Waals surface area contributed by atoms with E-state index in [-0.39, 0.29) is 16.2 Å². The van der Waals surface area contributed by atoms with Crippen LogP contribution < -0.4 is 4.90 Å². The van der Waals surface area contributed by atoms with Crippen LogP contribution in [0.2, 0.25) is 0 Å². The van der Waals surface area contributed by atoms with Crippen molar-refractivity contribution in [3.05, 3.63) is 174 Å². The molecule has 0 saturated heterocycles. The highest BCUT2D eigenvalue weighted by Gasteiger charge is 2.84. The Balaban J connectivity index is 0.948. The van der Waals surface area contributed by atoms with E-state index in [1.807, 2.05) is 11.8 Å². The molecule has 1 heterocycles. The molecule has 2 heteroatoms. The summed E-state index contributed by atoms with van der Waals surface area (Å²) >= 11 is 2.04. The van der Waals surface area contributed by atoms with E-state index in [0.29, 0.717) is 5.41 Å². The summed E-state index contributed by atoms with van der Waals surface area (Å²) in [4.78, 5) is 5.58. The lowest BCUT2D eigenvalue weighted by molar-refractivity contribution is -0.235. The molecule has 0 amide bonds. The molecule has 0 aromatic heterocycles. The number of hydrogen-bond donors (Lipinski definition) is 0. The Bertz CT molecular complexity index is 2900. The van der Waals surface area contributed by atoms with E-state index < -0.39 is 0 Å². The van der Waals surface area contributed by atoms with Crippen LogP contribution in [0.15, 0.2) is 161 Å². The summed E-state index contributed by atoms with van der Waals surface area (Å²) in [5.74, 6) is 3.45. The van der Waals surface area contributed by atoms with Gasteiger partial charge in [0.05, 0.1) is 5.69 Å². The molecule has 2 spiro atoms. The van der Waals surface area contributed by atoms with Crippen molar-refractivity contribution in [2.24, 2.45) is 29.1 Å². The average molecular weight is 796 g/mol. The Morgan fingerprint density at radius 2 is 1.18 bits per heavy atom. The zero-order chi connectivity index (χ0) is 40.2. The molecule has 6 aliphatic rings. The van der Waals surface area contributed by atoms with Crippen molar-refractivity contribution < 1.29 is 0 Å². The SMILES string of the molecule is CC1(C)CCC(C)(C)c2cc(N(c3ccc(-c4ccc(-c5cccc6ccccc56)cc4)cc3)c3cccc4c3Sc3ccccc3C43C4CC5CC6CC3C64C5)ccc21. The summed E-state index contributed by atoms with van der Waals surface area (Å²) in [5.41, 5.74) is 16.1. The molecule has 13 rings (SSSR count). The van der Waals surface area contributed by atoms with Crippen molar-refractivity contribution >= 4 is 39.6 Å². The standard InChI is InChI=1S/C58H53NS/c1-55(2)29-30-56(3,4)49-34-43(27-28-46(49)55)59(42-25-23-38(24-26-42)37-19-21-40(22-20-37)45-14-9-12-39-11-5-6-13-44(39)45)50-17-10-16-48-54(50)60-51-18-8-7-15-47(51)58(48)52-32-36-31-41-33-53(58)57(41,52)35-36/h5-28,34,36,41,52-53H,29-33,35H2,1-4H3. The van der Waals surface area contributed by atoms with E-state index in [2.05, 4.69) is 184 Å². The van der Waals surface area contributed by atoms with Crippen LogP contribution in [0.4, 0.5) is 17.1 Å². The van der Waals surface area contributed by atoms with Crippen molar-refractivity contribution in [2.45, 2.75) is 92.3 Å². The number of benzene rings is 7. The molecule has 6 atom stereocenters. The molecule has 60 heavy (non-hydrogen) atoms. The minimum absolute atomic E-state index is 0.116. The molecule has 4 saturated carbocycles. The smallest absolute Gasteiger partial charge is 0.0604 e. The Kier molecular flexibility index (Phi) is 7.31. The number of hydrogen-bond acceptors (Lipinski definition) is 2. The zero-order valence-corrected chi connectivity index (χ0v) is 36.2. The first-order valence-corrected chi connectivity index (χ1v) is 23.5. The molecule has 4 fully saturated rings. The minimum atomic E-state index is 0.116. The summed E-state index contributed by atoms with van der Waals surface area (Å²) in [7, 11) is 0. The maximum Gasteiger partial charge on any atom is 0.0604 e. The Morgan fingerprint density at radius 1 is 0.533 bits per heavy atom. The predicted octanol–water partition coefficient (Wildman–Crippen LogP) is 15.8. The van der Waals surface area contributed by atoms with Gasteiger partial charge in [-0.3, -0.25) is 0 Å². The van der Waals surface area contributed by atoms with Gasteiger partial charge in [0.25, 0.3) is 0 Å². The van der Waals surface area contributed by atoms with Crippen LogP contribution in [-0.4, -0.2) is 0 Å². The van der Waals surface area contributed by atoms with E-state index in [1.165, 1.54) is 110 Å². The Labute approximate surface area is 360 Å². The fraction of sp³-hybridized carbons (Fsp3) is 0.310. The van der Waals surface area contributed by atoms with Crippen molar-refractivity contribution in [1.82, 2.24) is 0 Å². The summed E-state index contributed by atoms with van der Waals surface area (Å²) < 4.78 is 0. The number of nitrogens with zero attached hydrogens (tertiary/aromatic N) is 1. The molecule has 0 N–H and O–H groups in total. The second-order valence-electron chi connectivity index (χ2n) is 20.8. The molecule has 5 aliphatic carbocycles. The van der Waals surface area contributed by atoms with Crippen LogP contribution in [0.5, 0.6) is 0 Å². The molecule has 2 bridgehead atoms. The van der Waals surface area contributed by atoms with Crippen LogP contribution in [0.3, 0.4) is 0 Å². The lowest BCUT2D eigenvalue weighted by Gasteiger charge is -2.78. The lowest BCUT2D eigenvalue weighted by atomic mass is 9.26. The largest absolute Gasteiger partial charge is 0.309 e. The Hall–Kier alpha value is -5.05. The van der Waals surface area contributed by atoms with Gasteiger partial charge in [0, 0.05) is 26.6 Å².